The van der Waals surface area contributed by atoms with Crippen LogP contribution in [0.2, 0.25) is 0 Å². The Bertz CT molecular complexity index is 495. The first-order chi connectivity index (χ1) is 7.72. The van der Waals surface area contributed by atoms with Gasteiger partial charge in [0.2, 0.25) is 0 Å². The van der Waals surface area contributed by atoms with Crippen LogP contribution in [0, 0.1) is 5.82 Å². The first-order valence-corrected chi connectivity index (χ1v) is 4.55. The van der Waals surface area contributed by atoms with Crippen molar-refractivity contribution < 1.29 is 13.9 Å². The molecule has 81 valence electrons. The normalized spacial score (nSPS) is 15.0. The van der Waals surface area contributed by atoms with E-state index in [-0.39, 0.29) is 11.6 Å². The van der Waals surface area contributed by atoms with Gasteiger partial charge in [-0.1, -0.05) is 12.1 Å². The zero-order chi connectivity index (χ0) is 11.5. The molecule has 1 amide bonds. The van der Waals surface area contributed by atoms with Crippen LogP contribution in [-0.4, -0.2) is 19.2 Å². The smallest absolute Gasteiger partial charge is 0.331 e. The van der Waals surface area contributed by atoms with E-state index in [0.29, 0.717) is 11.1 Å². The molecule has 2 rings (SSSR count). The minimum Gasteiger partial charge on any atom is -0.491 e. The Hall–Kier alpha value is -2.17. The quantitative estimate of drug-likeness (QED) is 0.753. The number of hydrogen-bond acceptors (Lipinski definition) is 3. The fraction of sp³-hybridized carbons (Fsp3) is 0.0909. The summed E-state index contributed by atoms with van der Waals surface area (Å²) in [5, 5.41) is 3.53. The molecule has 1 radical (unpaired) electrons. The molecule has 0 fully saturated rings. The van der Waals surface area contributed by atoms with Gasteiger partial charge in [0.05, 0.1) is 13.3 Å². The molecule has 0 saturated heterocycles. The number of methoxy groups -OCH3 is 1. The molecule has 0 spiro atoms. The molecule has 1 aliphatic rings. The molecule has 5 heteroatoms. The Kier molecular flexibility index (Phi) is 2.68. The summed E-state index contributed by atoms with van der Waals surface area (Å²) in [4.78, 5) is 11.3. The molecule has 0 saturated carbocycles. The second kappa shape index (κ2) is 4.14. The van der Waals surface area contributed by atoms with Crippen molar-refractivity contribution in [2.45, 2.75) is 0 Å². The van der Waals surface area contributed by atoms with E-state index in [1.165, 1.54) is 25.5 Å². The second-order valence-electron chi connectivity index (χ2n) is 3.11. The molecule has 1 aliphatic heterocycles. The summed E-state index contributed by atoms with van der Waals surface area (Å²) in [6.07, 6.45) is 1.37. The van der Waals surface area contributed by atoms with Gasteiger partial charge >= 0.3 is 5.91 Å². The van der Waals surface area contributed by atoms with Gasteiger partial charge in [-0.25, -0.2) is 4.39 Å². The molecular formula is C11H8FN2O2. The van der Waals surface area contributed by atoms with Gasteiger partial charge in [-0.15, -0.1) is 5.43 Å². The fourth-order valence-corrected chi connectivity index (χ4v) is 1.42. The van der Waals surface area contributed by atoms with Crippen LogP contribution in [0.5, 0.6) is 0 Å². The summed E-state index contributed by atoms with van der Waals surface area (Å²) in [5.41, 5.74) is 4.30. The maximum absolute atomic E-state index is 13.0. The highest BCUT2D eigenvalue weighted by Gasteiger charge is 2.21. The van der Waals surface area contributed by atoms with Gasteiger partial charge in [-0.05, 0) is 17.7 Å². The van der Waals surface area contributed by atoms with Gasteiger partial charge in [0, 0.05) is 5.57 Å². The number of amides is 1. The number of halogens is 1. The molecule has 1 heterocycles. The van der Waals surface area contributed by atoms with Crippen LogP contribution in [0.3, 0.4) is 0 Å². The summed E-state index contributed by atoms with van der Waals surface area (Å²) in [5.74, 6) is -0.881. The highest BCUT2D eigenvalue weighted by molar-refractivity contribution is 6.19. The largest absolute Gasteiger partial charge is 0.491 e. The Morgan fingerprint density at radius 1 is 1.38 bits per heavy atom. The van der Waals surface area contributed by atoms with Gasteiger partial charge in [0.15, 0.2) is 5.76 Å². The first-order valence-electron chi connectivity index (χ1n) is 4.55. The molecule has 0 aliphatic carbocycles. The van der Waals surface area contributed by atoms with Crippen molar-refractivity contribution in [2.24, 2.45) is 5.10 Å². The average molecular weight is 219 g/mol. The number of benzene rings is 1. The van der Waals surface area contributed by atoms with Crippen LogP contribution in [0.25, 0.3) is 5.57 Å². The molecule has 4 nitrogen and oxygen atoms in total. The number of nitrogens with zero attached hydrogens (tertiary/aromatic N) is 2. The summed E-state index contributed by atoms with van der Waals surface area (Å²) in [6, 6.07) is 5.85. The maximum atomic E-state index is 13.0. The summed E-state index contributed by atoms with van der Waals surface area (Å²) in [7, 11) is 1.36. The number of carbonyl (C=O) groups is 1. The Balaban J connectivity index is 2.53. The molecule has 1 aromatic rings. The molecule has 0 unspecified atom stereocenters. The van der Waals surface area contributed by atoms with E-state index >= 15 is 0 Å². The van der Waals surface area contributed by atoms with Gasteiger partial charge < -0.3 is 4.74 Å². The van der Waals surface area contributed by atoms with Crippen molar-refractivity contribution in [3.8, 4) is 0 Å². The Morgan fingerprint density at radius 2 is 2.19 bits per heavy atom. The summed E-state index contributed by atoms with van der Waals surface area (Å²) in [6.45, 7) is 0. The third-order valence-corrected chi connectivity index (χ3v) is 2.11. The minimum atomic E-state index is -0.565. The standard InChI is InChI=1S/C11H8FN2O2/c1-16-10-9(6-13-14-11(10)15)7-3-2-4-8(12)5-7/h2-6H,1H3. The zero-order valence-corrected chi connectivity index (χ0v) is 8.48. The summed E-state index contributed by atoms with van der Waals surface area (Å²) >= 11 is 0. The van der Waals surface area contributed by atoms with Crippen molar-refractivity contribution in [1.29, 1.82) is 0 Å². The molecule has 0 bridgehead atoms. The lowest BCUT2D eigenvalue weighted by atomic mass is 10.0. The summed E-state index contributed by atoms with van der Waals surface area (Å²) < 4.78 is 18.0. The van der Waals surface area contributed by atoms with Crippen LogP contribution < -0.4 is 5.43 Å². The van der Waals surface area contributed by atoms with E-state index in [9.17, 15) is 9.18 Å². The van der Waals surface area contributed by atoms with Crippen molar-refractivity contribution in [3.63, 3.8) is 0 Å². The Morgan fingerprint density at radius 3 is 2.88 bits per heavy atom. The van der Waals surface area contributed by atoms with Gasteiger partial charge in [0.1, 0.15) is 5.82 Å². The van der Waals surface area contributed by atoms with Crippen molar-refractivity contribution in [1.82, 2.24) is 5.43 Å². The van der Waals surface area contributed by atoms with Crippen molar-refractivity contribution >= 4 is 17.7 Å². The highest BCUT2D eigenvalue weighted by Crippen LogP contribution is 2.21. The monoisotopic (exact) mass is 219 g/mol. The van der Waals surface area contributed by atoms with Gasteiger partial charge in [0.25, 0.3) is 0 Å². The molecule has 0 aromatic heterocycles. The van der Waals surface area contributed by atoms with Crippen LogP contribution >= 0.6 is 0 Å². The van der Waals surface area contributed by atoms with Crippen LogP contribution in [0.1, 0.15) is 5.56 Å². The number of allylic oxidation sites excluding steroid dienone is 1. The Labute approximate surface area is 91.4 Å². The minimum absolute atomic E-state index is 0.0700. The predicted molar refractivity (Wildman–Crippen MR) is 56.0 cm³/mol. The maximum Gasteiger partial charge on any atom is 0.331 e. The molecule has 0 N–H and O–H groups in total. The average Bonchev–Trinajstić information content (AvgIpc) is 2.28. The topological polar surface area (TPSA) is 52.8 Å². The fourth-order valence-electron chi connectivity index (χ4n) is 1.42. The number of carbonyl (C=O) groups excluding carboxylic acids is 1. The van der Waals surface area contributed by atoms with Crippen LogP contribution in [-0.2, 0) is 9.53 Å². The third-order valence-electron chi connectivity index (χ3n) is 2.11. The number of hydrogen-bond donors (Lipinski definition) is 0. The molecule has 1 aromatic carbocycles. The second-order valence-corrected chi connectivity index (χ2v) is 3.11. The van der Waals surface area contributed by atoms with E-state index in [1.54, 1.807) is 12.1 Å². The SMILES string of the molecule is COC1=C(c2cccc(F)c2)C=N[N]C1=O. The highest BCUT2D eigenvalue weighted by atomic mass is 19.1. The third kappa shape index (κ3) is 1.79. The van der Waals surface area contributed by atoms with Crippen LogP contribution in [0.4, 0.5) is 4.39 Å². The molecule has 16 heavy (non-hydrogen) atoms. The van der Waals surface area contributed by atoms with E-state index in [0.717, 1.165) is 0 Å². The van der Waals surface area contributed by atoms with Crippen LogP contribution in [0.15, 0.2) is 35.1 Å². The van der Waals surface area contributed by atoms with E-state index in [1.807, 2.05) is 0 Å². The van der Waals surface area contributed by atoms with Gasteiger partial charge in [-0.2, -0.15) is 5.10 Å². The molecule has 0 atom stereocenters. The lowest BCUT2D eigenvalue weighted by Crippen LogP contribution is -2.20. The van der Waals surface area contributed by atoms with E-state index < -0.39 is 5.91 Å². The predicted octanol–water partition coefficient (Wildman–Crippen LogP) is 1.31. The van der Waals surface area contributed by atoms with E-state index in [2.05, 4.69) is 10.5 Å². The van der Waals surface area contributed by atoms with E-state index in [4.69, 9.17) is 4.74 Å². The first kappa shape index (κ1) is 10.4. The lowest BCUT2D eigenvalue weighted by Gasteiger charge is -2.12. The lowest BCUT2D eigenvalue weighted by molar-refractivity contribution is -0.120. The van der Waals surface area contributed by atoms with Crippen molar-refractivity contribution in [3.05, 3.63) is 41.4 Å². The number of ether oxygens (including phenoxy) is 1. The van der Waals surface area contributed by atoms with Gasteiger partial charge in [-0.3, -0.25) is 4.79 Å². The number of rotatable bonds is 2. The molecular weight excluding hydrogens is 211 g/mol. The van der Waals surface area contributed by atoms with Crippen molar-refractivity contribution in [2.75, 3.05) is 7.11 Å². The zero-order valence-electron chi connectivity index (χ0n) is 8.48.